The summed E-state index contributed by atoms with van der Waals surface area (Å²) in [4.78, 5) is 13.9. The predicted molar refractivity (Wildman–Crippen MR) is 89.8 cm³/mol. The third-order valence-electron chi connectivity index (χ3n) is 3.71. The number of carbonyl (C=O) groups is 1. The predicted octanol–water partition coefficient (Wildman–Crippen LogP) is 2.35. The normalized spacial score (nSPS) is 17.6. The van der Waals surface area contributed by atoms with Crippen LogP contribution in [0.15, 0.2) is 18.2 Å². The molecule has 0 aromatic heterocycles. The zero-order chi connectivity index (χ0) is 17.5. The first kappa shape index (κ1) is 18.8. The Balaban J connectivity index is 1.96. The van der Waals surface area contributed by atoms with Crippen LogP contribution < -0.4 is 14.8 Å². The molecule has 1 unspecified atom stereocenters. The Morgan fingerprint density at radius 3 is 2.88 bits per heavy atom. The van der Waals surface area contributed by atoms with Gasteiger partial charge in [-0.25, -0.2) is 0 Å². The van der Waals surface area contributed by atoms with Crippen molar-refractivity contribution in [3.8, 4) is 11.5 Å². The van der Waals surface area contributed by atoms with Gasteiger partial charge >= 0.3 is 6.61 Å². The lowest BCUT2D eigenvalue weighted by molar-refractivity contribution is -0.130. The summed E-state index contributed by atoms with van der Waals surface area (Å²) < 4.78 is 34.4. The third-order valence-corrected chi connectivity index (χ3v) is 4.84. The first-order chi connectivity index (χ1) is 11.5. The largest absolute Gasteiger partial charge is 0.493 e. The van der Waals surface area contributed by atoms with Crippen LogP contribution in [0.5, 0.6) is 11.5 Å². The van der Waals surface area contributed by atoms with Crippen molar-refractivity contribution in [2.24, 2.45) is 0 Å². The molecule has 1 heterocycles. The summed E-state index contributed by atoms with van der Waals surface area (Å²) in [7, 11) is 3.09. The number of alkyl halides is 2. The summed E-state index contributed by atoms with van der Waals surface area (Å²) in [5, 5.41) is 3.33. The van der Waals surface area contributed by atoms with E-state index in [4.69, 9.17) is 4.74 Å². The standard InChI is InChI=1S/C16H22F2N2O3S/c1-20(15(21)8-12-10-24-6-5-19-12)9-11-3-4-13(22-2)14(7-11)23-16(17)18/h3-4,7,12,16,19H,5-6,8-10H2,1-2H3. The summed E-state index contributed by atoms with van der Waals surface area (Å²) in [5.41, 5.74) is 0.702. The number of amides is 1. The number of nitrogens with zero attached hydrogens (tertiary/aromatic N) is 1. The molecule has 0 spiro atoms. The Morgan fingerprint density at radius 2 is 2.25 bits per heavy atom. The maximum Gasteiger partial charge on any atom is 0.387 e. The molecule has 2 rings (SSSR count). The van der Waals surface area contributed by atoms with Crippen molar-refractivity contribution in [3.63, 3.8) is 0 Å². The van der Waals surface area contributed by atoms with Crippen LogP contribution in [-0.2, 0) is 11.3 Å². The number of halogens is 2. The fourth-order valence-electron chi connectivity index (χ4n) is 2.49. The Bertz CT molecular complexity index is 554. The van der Waals surface area contributed by atoms with Crippen LogP contribution in [0.2, 0.25) is 0 Å². The molecule has 8 heteroatoms. The number of carbonyl (C=O) groups excluding carboxylic acids is 1. The fraction of sp³-hybridized carbons (Fsp3) is 0.562. The van der Waals surface area contributed by atoms with Gasteiger partial charge in [-0.15, -0.1) is 0 Å². The van der Waals surface area contributed by atoms with E-state index in [9.17, 15) is 13.6 Å². The maximum absolute atomic E-state index is 12.5. The molecule has 1 atom stereocenters. The number of thioether (sulfide) groups is 1. The van der Waals surface area contributed by atoms with Crippen molar-refractivity contribution in [2.45, 2.75) is 25.6 Å². The summed E-state index contributed by atoms with van der Waals surface area (Å²) in [6.45, 7) is -1.69. The van der Waals surface area contributed by atoms with Gasteiger partial charge in [0.05, 0.1) is 7.11 Å². The third kappa shape index (κ3) is 5.52. The van der Waals surface area contributed by atoms with Crippen molar-refractivity contribution in [2.75, 3.05) is 32.2 Å². The molecule has 1 aromatic carbocycles. The van der Waals surface area contributed by atoms with E-state index < -0.39 is 6.61 Å². The molecule has 0 aliphatic carbocycles. The molecule has 0 bridgehead atoms. The second-order valence-electron chi connectivity index (χ2n) is 5.54. The molecule has 134 valence electrons. The molecule has 1 aliphatic heterocycles. The SMILES string of the molecule is COc1ccc(CN(C)C(=O)CC2CSCCN2)cc1OC(F)F. The van der Waals surface area contributed by atoms with Crippen molar-refractivity contribution >= 4 is 17.7 Å². The minimum atomic E-state index is -2.93. The van der Waals surface area contributed by atoms with Crippen molar-refractivity contribution in [3.05, 3.63) is 23.8 Å². The first-order valence-electron chi connectivity index (χ1n) is 7.66. The molecular weight excluding hydrogens is 338 g/mol. The number of ether oxygens (including phenoxy) is 2. The second-order valence-corrected chi connectivity index (χ2v) is 6.69. The number of methoxy groups -OCH3 is 1. The monoisotopic (exact) mass is 360 g/mol. The van der Waals surface area contributed by atoms with Gasteiger partial charge in [0.25, 0.3) is 0 Å². The van der Waals surface area contributed by atoms with Gasteiger partial charge in [0, 0.05) is 44.1 Å². The van der Waals surface area contributed by atoms with Crippen LogP contribution in [0.25, 0.3) is 0 Å². The van der Waals surface area contributed by atoms with E-state index in [1.54, 1.807) is 24.1 Å². The molecule has 1 aliphatic rings. The molecular formula is C16H22F2N2O3S. The molecule has 0 saturated carbocycles. The highest BCUT2D eigenvalue weighted by Crippen LogP contribution is 2.30. The van der Waals surface area contributed by atoms with Crippen LogP contribution in [0.3, 0.4) is 0 Å². The zero-order valence-corrected chi connectivity index (χ0v) is 14.6. The lowest BCUT2D eigenvalue weighted by atomic mass is 10.1. The van der Waals surface area contributed by atoms with E-state index >= 15 is 0 Å². The highest BCUT2D eigenvalue weighted by molar-refractivity contribution is 7.99. The molecule has 24 heavy (non-hydrogen) atoms. The summed E-state index contributed by atoms with van der Waals surface area (Å²) in [5.74, 6) is 2.21. The van der Waals surface area contributed by atoms with E-state index in [0.29, 0.717) is 18.5 Å². The van der Waals surface area contributed by atoms with Gasteiger partial charge in [-0.3, -0.25) is 4.79 Å². The Hall–Kier alpha value is -1.54. The molecule has 0 radical (unpaired) electrons. The number of rotatable bonds is 7. The van der Waals surface area contributed by atoms with Crippen molar-refractivity contribution < 1.29 is 23.0 Å². The first-order valence-corrected chi connectivity index (χ1v) is 8.82. The average Bonchev–Trinajstić information content (AvgIpc) is 2.55. The maximum atomic E-state index is 12.5. The van der Waals surface area contributed by atoms with E-state index in [1.807, 2.05) is 11.8 Å². The van der Waals surface area contributed by atoms with Crippen LogP contribution in [0, 0.1) is 0 Å². The smallest absolute Gasteiger partial charge is 0.387 e. The average molecular weight is 360 g/mol. The van der Waals surface area contributed by atoms with E-state index in [1.165, 1.54) is 13.2 Å². The molecule has 1 N–H and O–H groups in total. The number of hydrogen-bond donors (Lipinski definition) is 1. The molecule has 1 fully saturated rings. The lowest BCUT2D eigenvalue weighted by Gasteiger charge is -2.25. The topological polar surface area (TPSA) is 50.8 Å². The van der Waals surface area contributed by atoms with Crippen LogP contribution in [0.4, 0.5) is 8.78 Å². The van der Waals surface area contributed by atoms with Gasteiger partial charge < -0.3 is 19.7 Å². The molecule has 1 aromatic rings. The summed E-state index contributed by atoms with van der Waals surface area (Å²) in [6.07, 6.45) is 0.431. The summed E-state index contributed by atoms with van der Waals surface area (Å²) >= 11 is 1.84. The minimum Gasteiger partial charge on any atom is -0.493 e. The number of nitrogens with one attached hydrogen (secondary N) is 1. The van der Waals surface area contributed by atoms with Gasteiger partial charge in [-0.05, 0) is 17.7 Å². The second kappa shape index (κ2) is 9.08. The van der Waals surface area contributed by atoms with Gasteiger partial charge in [0.1, 0.15) is 0 Å². The van der Waals surface area contributed by atoms with Crippen LogP contribution >= 0.6 is 11.8 Å². The van der Waals surface area contributed by atoms with Crippen molar-refractivity contribution in [1.82, 2.24) is 10.2 Å². The van der Waals surface area contributed by atoms with Gasteiger partial charge in [0.2, 0.25) is 5.91 Å². The van der Waals surface area contributed by atoms with Gasteiger partial charge in [0.15, 0.2) is 11.5 Å². The Labute approximate surface area is 144 Å². The van der Waals surface area contributed by atoms with Crippen molar-refractivity contribution in [1.29, 1.82) is 0 Å². The fourth-order valence-corrected chi connectivity index (χ4v) is 3.44. The van der Waals surface area contributed by atoms with E-state index in [0.717, 1.165) is 18.1 Å². The van der Waals surface area contributed by atoms with Crippen LogP contribution in [-0.4, -0.2) is 55.7 Å². The minimum absolute atomic E-state index is 0.0159. The van der Waals surface area contributed by atoms with Gasteiger partial charge in [-0.1, -0.05) is 6.07 Å². The summed E-state index contributed by atoms with van der Waals surface area (Å²) in [6, 6.07) is 4.96. The lowest BCUT2D eigenvalue weighted by Crippen LogP contribution is -2.41. The Morgan fingerprint density at radius 1 is 1.46 bits per heavy atom. The molecule has 5 nitrogen and oxygen atoms in total. The highest BCUT2D eigenvalue weighted by atomic mass is 32.2. The molecule has 1 amide bonds. The number of benzene rings is 1. The highest BCUT2D eigenvalue weighted by Gasteiger charge is 2.19. The zero-order valence-electron chi connectivity index (χ0n) is 13.8. The van der Waals surface area contributed by atoms with E-state index in [2.05, 4.69) is 10.1 Å². The Kier molecular flexibility index (Phi) is 7.11. The van der Waals surface area contributed by atoms with Crippen LogP contribution in [0.1, 0.15) is 12.0 Å². The van der Waals surface area contributed by atoms with Gasteiger partial charge in [-0.2, -0.15) is 20.5 Å². The quantitative estimate of drug-likeness (QED) is 0.809. The number of hydrogen-bond acceptors (Lipinski definition) is 5. The molecule has 1 saturated heterocycles. The van der Waals surface area contributed by atoms with E-state index in [-0.39, 0.29) is 23.4 Å².